The zero-order valence-electron chi connectivity index (χ0n) is 16.6. The number of aromatic nitrogens is 1. The van der Waals surface area contributed by atoms with Crippen molar-refractivity contribution in [3.05, 3.63) is 40.9 Å². The Morgan fingerprint density at radius 3 is 2.52 bits per heavy atom. The van der Waals surface area contributed by atoms with Crippen LogP contribution in [0.15, 0.2) is 40.8 Å². The number of piperazine rings is 2. The lowest BCUT2D eigenvalue weighted by atomic mass is 10.2. The van der Waals surface area contributed by atoms with E-state index in [0.717, 1.165) is 75.6 Å². The van der Waals surface area contributed by atoms with E-state index in [1.54, 1.807) is 11.3 Å². The minimum atomic E-state index is 0.668. The number of hydrogen-bond acceptors (Lipinski definition) is 6. The van der Waals surface area contributed by atoms with Gasteiger partial charge in [0.25, 0.3) is 0 Å². The van der Waals surface area contributed by atoms with Crippen molar-refractivity contribution < 1.29 is 0 Å². The largest absolute Gasteiger partial charge is 0.370 e. The number of thiazole rings is 1. The Morgan fingerprint density at radius 2 is 1.83 bits per heavy atom. The number of rotatable bonds is 5. The second-order valence-corrected chi connectivity index (χ2v) is 8.65. The third-order valence-electron chi connectivity index (χ3n) is 5.53. The maximum absolute atomic E-state index is 6.25. The van der Waals surface area contributed by atoms with Gasteiger partial charge in [-0.3, -0.25) is 9.89 Å². The molecule has 29 heavy (non-hydrogen) atoms. The highest BCUT2D eigenvalue weighted by Crippen LogP contribution is 2.21. The summed E-state index contributed by atoms with van der Waals surface area (Å²) < 4.78 is 0. The van der Waals surface area contributed by atoms with Crippen LogP contribution in [0.3, 0.4) is 0 Å². The normalized spacial score (nSPS) is 19.1. The summed E-state index contributed by atoms with van der Waals surface area (Å²) >= 11 is 7.80. The molecule has 9 heteroatoms. The smallest absolute Gasteiger partial charge is 0.191 e. The van der Waals surface area contributed by atoms with Crippen molar-refractivity contribution >= 4 is 39.7 Å². The number of halogens is 1. The van der Waals surface area contributed by atoms with E-state index in [9.17, 15) is 0 Å². The van der Waals surface area contributed by atoms with Gasteiger partial charge in [-0.2, -0.15) is 0 Å². The molecular formula is C20H28ClN7S. The monoisotopic (exact) mass is 433 g/mol. The van der Waals surface area contributed by atoms with Crippen LogP contribution in [0.2, 0.25) is 5.02 Å². The Morgan fingerprint density at radius 1 is 1.07 bits per heavy atom. The van der Waals surface area contributed by atoms with Crippen molar-refractivity contribution in [1.29, 1.82) is 0 Å². The Hall–Kier alpha value is -2.03. The zero-order valence-corrected chi connectivity index (χ0v) is 18.2. The van der Waals surface area contributed by atoms with Crippen LogP contribution in [0.4, 0.5) is 10.8 Å². The molecule has 0 saturated carbocycles. The Bertz CT molecular complexity index is 797. The Kier molecular flexibility index (Phi) is 6.74. The van der Waals surface area contributed by atoms with Crippen molar-refractivity contribution in [3.8, 4) is 0 Å². The Labute approximate surface area is 181 Å². The van der Waals surface area contributed by atoms with Gasteiger partial charge in [-0.05, 0) is 18.2 Å². The molecule has 2 aliphatic heterocycles. The van der Waals surface area contributed by atoms with Gasteiger partial charge in [0.15, 0.2) is 11.1 Å². The molecule has 2 aromatic rings. The van der Waals surface area contributed by atoms with Gasteiger partial charge < -0.3 is 20.4 Å². The first kappa shape index (κ1) is 20.3. The third-order valence-corrected chi connectivity index (χ3v) is 6.60. The molecule has 2 N–H and O–H groups in total. The fourth-order valence-electron chi connectivity index (χ4n) is 3.81. The molecule has 0 aliphatic carbocycles. The van der Waals surface area contributed by atoms with Crippen LogP contribution in [-0.4, -0.2) is 86.2 Å². The van der Waals surface area contributed by atoms with Gasteiger partial charge in [0.05, 0.1) is 6.54 Å². The molecule has 0 amide bonds. The summed E-state index contributed by atoms with van der Waals surface area (Å²) in [6, 6.07) is 8.10. The number of anilines is 2. The fourth-order valence-corrected chi connectivity index (χ4v) is 4.69. The highest BCUT2D eigenvalue weighted by atomic mass is 35.5. The molecule has 0 unspecified atom stereocenters. The number of nitrogens with two attached hydrogens (primary N) is 1. The predicted molar refractivity (Wildman–Crippen MR) is 122 cm³/mol. The Balaban J connectivity index is 1.18. The van der Waals surface area contributed by atoms with E-state index in [4.69, 9.17) is 17.3 Å². The SMILES string of the molecule is NC(=NCCN1CCN(c2cccc(Cl)c2)CC1)N1CCN(c2nccs2)CC1. The molecule has 2 aliphatic rings. The van der Waals surface area contributed by atoms with Gasteiger partial charge in [0.1, 0.15) is 0 Å². The summed E-state index contributed by atoms with van der Waals surface area (Å²) in [4.78, 5) is 18.4. The van der Waals surface area contributed by atoms with Crippen LogP contribution in [0.1, 0.15) is 0 Å². The minimum Gasteiger partial charge on any atom is -0.370 e. The quantitative estimate of drug-likeness (QED) is 0.575. The second-order valence-electron chi connectivity index (χ2n) is 7.34. The minimum absolute atomic E-state index is 0.668. The molecule has 0 bridgehead atoms. The van der Waals surface area contributed by atoms with Crippen molar-refractivity contribution in [2.75, 3.05) is 75.2 Å². The molecule has 7 nitrogen and oxygen atoms in total. The summed E-state index contributed by atoms with van der Waals surface area (Å²) in [7, 11) is 0. The molecular weight excluding hydrogens is 406 g/mol. The van der Waals surface area contributed by atoms with Crippen molar-refractivity contribution in [2.24, 2.45) is 10.7 Å². The van der Waals surface area contributed by atoms with Gasteiger partial charge in [0, 0.05) is 81.2 Å². The molecule has 0 spiro atoms. The molecule has 2 saturated heterocycles. The van der Waals surface area contributed by atoms with Crippen LogP contribution in [-0.2, 0) is 0 Å². The van der Waals surface area contributed by atoms with Crippen LogP contribution >= 0.6 is 22.9 Å². The number of nitrogens with zero attached hydrogens (tertiary/aromatic N) is 6. The van der Waals surface area contributed by atoms with Gasteiger partial charge in [-0.25, -0.2) is 4.98 Å². The summed E-state index contributed by atoms with van der Waals surface area (Å²) in [5.41, 5.74) is 7.45. The summed E-state index contributed by atoms with van der Waals surface area (Å²) in [5.74, 6) is 0.668. The molecule has 0 atom stereocenters. The van der Waals surface area contributed by atoms with Crippen LogP contribution in [0, 0.1) is 0 Å². The first-order valence-corrected chi connectivity index (χ1v) is 11.4. The summed E-state index contributed by atoms with van der Waals surface area (Å²) in [6.45, 7) is 9.46. The average Bonchev–Trinajstić information content (AvgIpc) is 3.29. The second kappa shape index (κ2) is 9.65. The first-order valence-electron chi connectivity index (χ1n) is 10.1. The van der Waals surface area contributed by atoms with E-state index in [1.807, 2.05) is 29.8 Å². The maximum Gasteiger partial charge on any atom is 0.191 e. The van der Waals surface area contributed by atoms with E-state index >= 15 is 0 Å². The standard InChI is InChI=1S/C20H28ClN7S/c21-17-2-1-3-18(16-17)26-9-7-25(8-10-26)6-4-23-19(22)27-11-13-28(14-12-27)20-24-5-15-29-20/h1-3,5,15-16H,4,6-14H2,(H2,22,23). The van der Waals surface area contributed by atoms with E-state index in [-0.39, 0.29) is 0 Å². The molecule has 1 aromatic heterocycles. The molecule has 156 valence electrons. The molecule has 2 fully saturated rings. The van der Waals surface area contributed by atoms with Gasteiger partial charge >= 0.3 is 0 Å². The lowest BCUT2D eigenvalue weighted by molar-refractivity contribution is 0.264. The van der Waals surface area contributed by atoms with E-state index in [1.165, 1.54) is 5.69 Å². The van der Waals surface area contributed by atoms with Crippen LogP contribution in [0.25, 0.3) is 0 Å². The predicted octanol–water partition coefficient (Wildman–Crippen LogP) is 2.06. The lowest BCUT2D eigenvalue weighted by Gasteiger charge is -2.36. The maximum atomic E-state index is 6.25. The molecule has 4 rings (SSSR count). The number of hydrogen-bond donors (Lipinski definition) is 1. The van der Waals surface area contributed by atoms with Crippen molar-refractivity contribution in [1.82, 2.24) is 14.8 Å². The number of guanidine groups is 1. The first-order chi connectivity index (χ1) is 14.2. The summed E-state index contributed by atoms with van der Waals surface area (Å²) in [5, 5.41) is 3.91. The molecule has 0 radical (unpaired) electrons. The topological polar surface area (TPSA) is 64.2 Å². The van der Waals surface area contributed by atoms with Gasteiger partial charge in [-0.1, -0.05) is 17.7 Å². The highest BCUT2D eigenvalue weighted by molar-refractivity contribution is 7.13. The zero-order chi connectivity index (χ0) is 20.1. The molecule has 3 heterocycles. The third kappa shape index (κ3) is 5.32. The van der Waals surface area contributed by atoms with Gasteiger partial charge in [0.2, 0.25) is 0 Å². The van der Waals surface area contributed by atoms with Crippen LogP contribution < -0.4 is 15.5 Å². The van der Waals surface area contributed by atoms with E-state index in [0.29, 0.717) is 5.96 Å². The number of aliphatic imine (C=N–C) groups is 1. The van der Waals surface area contributed by atoms with E-state index in [2.05, 4.69) is 35.6 Å². The molecule has 1 aromatic carbocycles. The van der Waals surface area contributed by atoms with Crippen LogP contribution in [0.5, 0.6) is 0 Å². The van der Waals surface area contributed by atoms with Gasteiger partial charge in [-0.15, -0.1) is 11.3 Å². The fraction of sp³-hybridized carbons (Fsp3) is 0.500. The van der Waals surface area contributed by atoms with Crippen molar-refractivity contribution in [2.45, 2.75) is 0 Å². The summed E-state index contributed by atoms with van der Waals surface area (Å²) in [6.07, 6.45) is 1.86. The average molecular weight is 434 g/mol. The number of benzene rings is 1. The lowest BCUT2D eigenvalue weighted by Crippen LogP contribution is -2.51. The highest BCUT2D eigenvalue weighted by Gasteiger charge is 2.20. The van der Waals surface area contributed by atoms with E-state index < -0.39 is 0 Å². The van der Waals surface area contributed by atoms with Crippen molar-refractivity contribution in [3.63, 3.8) is 0 Å².